The maximum Gasteiger partial charge on any atom is 0.136 e. The molecule has 2 aromatic heterocycles. The number of furan rings is 2. The third-order valence-electron chi connectivity index (χ3n) is 11.2. The van der Waals surface area contributed by atoms with Crippen molar-refractivity contribution in [2.45, 2.75) is 19.3 Å². The van der Waals surface area contributed by atoms with Crippen molar-refractivity contribution in [3.05, 3.63) is 162 Å². The molecule has 2 heterocycles. The molecule has 0 aliphatic heterocycles. The van der Waals surface area contributed by atoms with Crippen LogP contribution in [0.3, 0.4) is 0 Å². The van der Waals surface area contributed by atoms with E-state index < -0.39 is 0 Å². The summed E-state index contributed by atoms with van der Waals surface area (Å²) >= 11 is 0. The minimum absolute atomic E-state index is 0.0396. The summed E-state index contributed by atoms with van der Waals surface area (Å²) in [4.78, 5) is 0. The van der Waals surface area contributed by atoms with Gasteiger partial charge in [-0.1, -0.05) is 105 Å². The van der Waals surface area contributed by atoms with Gasteiger partial charge in [0.15, 0.2) is 0 Å². The van der Waals surface area contributed by atoms with Crippen molar-refractivity contribution >= 4 is 49.5 Å². The van der Waals surface area contributed by atoms with Gasteiger partial charge in [-0.05, 0) is 121 Å². The zero-order valence-corrected chi connectivity index (χ0v) is 27.2. The van der Waals surface area contributed by atoms with Crippen molar-refractivity contribution in [1.29, 1.82) is 0 Å². The molecule has 9 aromatic rings. The third kappa shape index (κ3) is 3.61. The van der Waals surface area contributed by atoms with Gasteiger partial charge in [0.05, 0.1) is 0 Å². The minimum atomic E-state index is -0.0396. The lowest BCUT2D eigenvalue weighted by molar-refractivity contribution is 0.660. The molecule has 0 amide bonds. The van der Waals surface area contributed by atoms with Crippen molar-refractivity contribution in [2.75, 3.05) is 0 Å². The highest BCUT2D eigenvalue weighted by atomic mass is 16.3. The van der Waals surface area contributed by atoms with Gasteiger partial charge in [0.2, 0.25) is 0 Å². The number of hydrogen-bond acceptors (Lipinski definition) is 2. The molecule has 230 valence electrons. The van der Waals surface area contributed by atoms with Gasteiger partial charge in [0.1, 0.15) is 22.3 Å². The van der Waals surface area contributed by atoms with Gasteiger partial charge in [-0.3, -0.25) is 0 Å². The molecule has 0 spiro atoms. The predicted octanol–water partition coefficient (Wildman–Crippen LogP) is 13.2. The maximum atomic E-state index is 6.48. The molecule has 2 nitrogen and oxygen atoms in total. The summed E-state index contributed by atoms with van der Waals surface area (Å²) in [5, 5.41) is 4.30. The minimum Gasteiger partial charge on any atom is -0.456 e. The molecule has 0 atom stereocenters. The topological polar surface area (TPSA) is 26.3 Å². The lowest BCUT2D eigenvalue weighted by Crippen LogP contribution is -2.14. The van der Waals surface area contributed by atoms with E-state index in [2.05, 4.69) is 154 Å². The number of hydrogen-bond donors (Lipinski definition) is 0. The Bertz CT molecular complexity index is 2930. The number of fused-ring (bicyclic) bond motifs is 12. The Balaban J connectivity index is 1.01. The van der Waals surface area contributed by atoms with Gasteiger partial charge < -0.3 is 8.83 Å². The van der Waals surface area contributed by atoms with E-state index in [0.717, 1.165) is 55.0 Å². The van der Waals surface area contributed by atoms with Crippen molar-refractivity contribution in [2.24, 2.45) is 0 Å². The fraction of sp³-hybridized carbons (Fsp3) is 0.0638. The highest BCUT2D eigenvalue weighted by molar-refractivity contribution is 6.16. The lowest BCUT2D eigenvalue weighted by atomic mass is 9.81. The van der Waals surface area contributed by atoms with E-state index in [9.17, 15) is 0 Å². The number of benzene rings is 7. The fourth-order valence-corrected chi connectivity index (χ4v) is 8.62. The average molecular weight is 627 g/mol. The summed E-state index contributed by atoms with van der Waals surface area (Å²) in [6, 6.07) is 48.3. The Morgan fingerprint density at radius 2 is 0.857 bits per heavy atom. The van der Waals surface area contributed by atoms with Crippen LogP contribution in [0.25, 0.3) is 94.0 Å². The second-order valence-electron chi connectivity index (χ2n) is 14.2. The fourth-order valence-electron chi connectivity index (χ4n) is 8.62. The molecular formula is C47H30O2. The van der Waals surface area contributed by atoms with Gasteiger partial charge in [0, 0.05) is 27.0 Å². The first-order valence-electron chi connectivity index (χ1n) is 16.9. The zero-order chi connectivity index (χ0) is 32.6. The molecule has 11 rings (SSSR count). The van der Waals surface area contributed by atoms with E-state index in [4.69, 9.17) is 8.83 Å². The molecule has 0 unspecified atom stereocenters. The first kappa shape index (κ1) is 26.9. The van der Waals surface area contributed by atoms with E-state index in [1.54, 1.807) is 0 Å². The van der Waals surface area contributed by atoms with Gasteiger partial charge in [0.25, 0.3) is 0 Å². The molecule has 0 saturated heterocycles. The van der Waals surface area contributed by atoms with Crippen LogP contribution in [0.2, 0.25) is 0 Å². The smallest absolute Gasteiger partial charge is 0.136 e. The summed E-state index contributed by atoms with van der Waals surface area (Å²) in [5.74, 6) is 0. The molecule has 0 N–H and O–H groups in total. The summed E-state index contributed by atoms with van der Waals surface area (Å²) < 4.78 is 12.9. The van der Waals surface area contributed by atoms with Crippen LogP contribution in [0.15, 0.2) is 149 Å². The zero-order valence-electron chi connectivity index (χ0n) is 27.2. The van der Waals surface area contributed by atoms with Crippen LogP contribution in [0, 0.1) is 0 Å². The Kier molecular flexibility index (Phi) is 5.09. The molecule has 2 aliphatic rings. The molecule has 0 fully saturated rings. The van der Waals surface area contributed by atoms with Crippen molar-refractivity contribution in [3.8, 4) is 44.5 Å². The van der Waals surface area contributed by atoms with Crippen LogP contribution in [-0.2, 0) is 5.41 Å². The first-order chi connectivity index (χ1) is 23.9. The molecule has 0 saturated carbocycles. The SMILES string of the molecule is C=C1c2ccccc2-c2ccc(-c3ccc4oc5cc6c(cc5c4c3)oc3ccc(-c4ccc5c(c4)C(C)(C)c4ccccc4-5)cc36)cc21. The average Bonchev–Trinajstić information content (AvgIpc) is 3.83. The number of rotatable bonds is 2. The second kappa shape index (κ2) is 9.27. The van der Waals surface area contributed by atoms with E-state index in [1.165, 1.54) is 61.2 Å². The molecule has 7 aromatic carbocycles. The van der Waals surface area contributed by atoms with E-state index >= 15 is 0 Å². The Morgan fingerprint density at radius 3 is 1.53 bits per heavy atom. The Labute approximate surface area is 283 Å². The van der Waals surface area contributed by atoms with Crippen LogP contribution >= 0.6 is 0 Å². The summed E-state index contributed by atoms with van der Waals surface area (Å²) in [7, 11) is 0. The summed E-state index contributed by atoms with van der Waals surface area (Å²) in [6.07, 6.45) is 0. The highest BCUT2D eigenvalue weighted by Crippen LogP contribution is 2.50. The summed E-state index contributed by atoms with van der Waals surface area (Å²) in [5.41, 5.74) is 19.6. The molecule has 0 radical (unpaired) electrons. The standard InChI is InChI=1S/C47H30O2/c1-26-31-8-4-5-9-32(31)33-16-12-27(20-36(26)33)28-14-18-43-37(21-28)39-24-46-40(25-45(39)48-43)38-22-29(15-19-44(38)49-46)30-13-17-35-34-10-6-7-11-41(34)47(2,3)42(35)23-30/h4-25H,1H2,2-3H3. The van der Waals surface area contributed by atoms with E-state index in [-0.39, 0.29) is 5.41 Å². The van der Waals surface area contributed by atoms with Crippen molar-refractivity contribution < 1.29 is 8.83 Å². The third-order valence-corrected chi connectivity index (χ3v) is 11.2. The summed E-state index contributed by atoms with van der Waals surface area (Å²) in [6.45, 7) is 9.09. The molecule has 49 heavy (non-hydrogen) atoms. The lowest BCUT2D eigenvalue weighted by Gasteiger charge is -2.22. The molecule has 2 aliphatic carbocycles. The molecule has 2 heteroatoms. The quantitative estimate of drug-likeness (QED) is 0.191. The van der Waals surface area contributed by atoms with E-state index in [1.807, 2.05) is 0 Å². The highest BCUT2D eigenvalue weighted by Gasteiger charge is 2.35. The van der Waals surface area contributed by atoms with Gasteiger partial charge in [-0.15, -0.1) is 0 Å². The monoisotopic (exact) mass is 626 g/mol. The van der Waals surface area contributed by atoms with Gasteiger partial charge >= 0.3 is 0 Å². The Morgan fingerprint density at radius 1 is 0.388 bits per heavy atom. The molecule has 0 bridgehead atoms. The first-order valence-corrected chi connectivity index (χ1v) is 16.9. The van der Waals surface area contributed by atoms with Gasteiger partial charge in [-0.25, -0.2) is 0 Å². The normalized spacial score (nSPS) is 14.1. The van der Waals surface area contributed by atoms with Crippen LogP contribution in [0.1, 0.15) is 36.1 Å². The van der Waals surface area contributed by atoms with Crippen LogP contribution < -0.4 is 0 Å². The van der Waals surface area contributed by atoms with Crippen LogP contribution in [-0.4, -0.2) is 0 Å². The van der Waals surface area contributed by atoms with E-state index in [0.29, 0.717) is 0 Å². The predicted molar refractivity (Wildman–Crippen MR) is 203 cm³/mol. The Hall–Kier alpha value is -6.12. The van der Waals surface area contributed by atoms with Crippen LogP contribution in [0.5, 0.6) is 0 Å². The van der Waals surface area contributed by atoms with Gasteiger partial charge in [-0.2, -0.15) is 0 Å². The van der Waals surface area contributed by atoms with Crippen molar-refractivity contribution in [3.63, 3.8) is 0 Å². The van der Waals surface area contributed by atoms with Crippen molar-refractivity contribution in [1.82, 2.24) is 0 Å². The van der Waals surface area contributed by atoms with Crippen LogP contribution in [0.4, 0.5) is 0 Å². The largest absolute Gasteiger partial charge is 0.456 e. The molecular weight excluding hydrogens is 597 g/mol. The second-order valence-corrected chi connectivity index (χ2v) is 14.2. The maximum absolute atomic E-state index is 6.48.